The van der Waals surface area contributed by atoms with E-state index in [0.717, 1.165) is 11.0 Å². The maximum Gasteiger partial charge on any atom is 0.140 e. The van der Waals surface area contributed by atoms with Crippen molar-refractivity contribution >= 4 is 23.1 Å². The maximum atomic E-state index is 13.4. The number of anilines is 2. The van der Waals surface area contributed by atoms with Crippen LogP contribution in [0.15, 0.2) is 46.2 Å². The highest BCUT2D eigenvalue weighted by Gasteiger charge is 2.06. The normalized spacial score (nSPS) is 10.5. The summed E-state index contributed by atoms with van der Waals surface area (Å²) in [4.78, 5) is 1.10. The van der Waals surface area contributed by atoms with Gasteiger partial charge in [-0.3, -0.25) is 0 Å². The summed E-state index contributed by atoms with van der Waals surface area (Å²) in [5.74, 6) is -1.19. The molecule has 2 rings (SSSR count). The second kappa shape index (κ2) is 4.63. The first-order chi connectivity index (χ1) is 8.06. The lowest BCUT2D eigenvalue weighted by Crippen LogP contribution is -1.94. The number of nitrogens with two attached hydrogens (primary N) is 2. The Bertz CT molecular complexity index is 558. The van der Waals surface area contributed by atoms with Crippen molar-refractivity contribution in [2.45, 2.75) is 9.79 Å². The van der Waals surface area contributed by atoms with Crippen molar-refractivity contribution in [2.24, 2.45) is 0 Å². The zero-order valence-electron chi connectivity index (χ0n) is 8.78. The Balaban J connectivity index is 2.28. The van der Waals surface area contributed by atoms with Gasteiger partial charge in [0, 0.05) is 15.9 Å². The Labute approximate surface area is 102 Å². The van der Waals surface area contributed by atoms with Crippen LogP contribution in [0.5, 0.6) is 0 Å². The van der Waals surface area contributed by atoms with E-state index in [9.17, 15) is 8.78 Å². The lowest BCUT2D eigenvalue weighted by Gasteiger charge is -2.05. The first kappa shape index (κ1) is 11.7. The maximum absolute atomic E-state index is 13.4. The summed E-state index contributed by atoms with van der Waals surface area (Å²) in [6, 6.07) is 8.50. The number of hydrogen-bond donors (Lipinski definition) is 2. The summed E-state index contributed by atoms with van der Waals surface area (Å²) >= 11 is 1.17. The van der Waals surface area contributed by atoms with Crippen molar-refractivity contribution in [1.29, 1.82) is 0 Å². The molecule has 2 aromatic rings. The summed E-state index contributed by atoms with van der Waals surface area (Å²) in [6.07, 6.45) is 0. The Morgan fingerprint density at radius 2 is 1.65 bits per heavy atom. The Morgan fingerprint density at radius 1 is 0.882 bits per heavy atom. The second-order valence-corrected chi connectivity index (χ2v) is 4.58. The molecule has 0 atom stereocenters. The molecule has 2 nitrogen and oxygen atoms in total. The Kier molecular flexibility index (Phi) is 3.19. The van der Waals surface area contributed by atoms with E-state index in [1.54, 1.807) is 18.2 Å². The summed E-state index contributed by atoms with van der Waals surface area (Å²) < 4.78 is 26.1. The lowest BCUT2D eigenvalue weighted by molar-refractivity contribution is 0.565. The molecular weight excluding hydrogens is 242 g/mol. The van der Waals surface area contributed by atoms with Crippen molar-refractivity contribution in [3.05, 3.63) is 48.0 Å². The average molecular weight is 252 g/mol. The zero-order chi connectivity index (χ0) is 12.4. The van der Waals surface area contributed by atoms with Gasteiger partial charge in [-0.2, -0.15) is 0 Å². The van der Waals surface area contributed by atoms with Gasteiger partial charge in [-0.15, -0.1) is 0 Å². The smallest absolute Gasteiger partial charge is 0.140 e. The summed E-state index contributed by atoms with van der Waals surface area (Å²) in [5.41, 5.74) is 12.1. The molecule has 5 heteroatoms. The Morgan fingerprint density at radius 3 is 2.29 bits per heavy atom. The molecule has 0 saturated heterocycles. The van der Waals surface area contributed by atoms with Gasteiger partial charge in [-0.25, -0.2) is 8.78 Å². The number of benzene rings is 2. The van der Waals surface area contributed by atoms with Gasteiger partial charge >= 0.3 is 0 Å². The number of nitrogen functional groups attached to an aromatic ring is 2. The van der Waals surface area contributed by atoms with E-state index in [1.165, 1.54) is 23.9 Å². The van der Waals surface area contributed by atoms with Crippen LogP contribution in [-0.4, -0.2) is 0 Å². The highest BCUT2D eigenvalue weighted by atomic mass is 32.2. The topological polar surface area (TPSA) is 52.0 Å². The lowest BCUT2D eigenvalue weighted by atomic mass is 10.3. The van der Waals surface area contributed by atoms with Crippen LogP contribution >= 0.6 is 11.8 Å². The Hall–Kier alpha value is -1.75. The quantitative estimate of drug-likeness (QED) is 0.806. The summed E-state index contributed by atoms with van der Waals surface area (Å²) in [7, 11) is 0. The van der Waals surface area contributed by atoms with Crippen LogP contribution in [0.1, 0.15) is 0 Å². The van der Waals surface area contributed by atoms with Crippen molar-refractivity contribution in [3.63, 3.8) is 0 Å². The molecule has 0 unspecified atom stereocenters. The van der Waals surface area contributed by atoms with E-state index in [-0.39, 0.29) is 0 Å². The fourth-order valence-electron chi connectivity index (χ4n) is 1.30. The van der Waals surface area contributed by atoms with Crippen molar-refractivity contribution in [1.82, 2.24) is 0 Å². The average Bonchev–Trinajstić information content (AvgIpc) is 2.27. The van der Waals surface area contributed by atoms with Crippen molar-refractivity contribution in [2.75, 3.05) is 11.5 Å². The van der Waals surface area contributed by atoms with Gasteiger partial charge in [-0.05, 0) is 30.3 Å². The van der Waals surface area contributed by atoms with Crippen LogP contribution < -0.4 is 11.5 Å². The third kappa shape index (κ3) is 2.68. The van der Waals surface area contributed by atoms with E-state index in [2.05, 4.69) is 0 Å². The largest absolute Gasteiger partial charge is 0.397 e. The first-order valence-corrected chi connectivity index (χ1v) is 5.66. The van der Waals surface area contributed by atoms with Crippen LogP contribution in [0, 0.1) is 11.6 Å². The standard InChI is InChI=1S/C12H10F2N2S/c13-7-1-4-12(9(14)5-7)17-8-2-3-10(15)11(16)6-8/h1-6H,15-16H2. The highest BCUT2D eigenvalue weighted by Crippen LogP contribution is 2.32. The van der Waals surface area contributed by atoms with Crippen LogP contribution in [0.2, 0.25) is 0 Å². The molecule has 88 valence electrons. The van der Waals surface area contributed by atoms with Gasteiger partial charge in [0.2, 0.25) is 0 Å². The van der Waals surface area contributed by atoms with E-state index in [4.69, 9.17) is 11.5 Å². The van der Waals surface area contributed by atoms with Gasteiger partial charge in [0.05, 0.1) is 11.4 Å². The van der Waals surface area contributed by atoms with E-state index >= 15 is 0 Å². The molecule has 0 bridgehead atoms. The van der Waals surface area contributed by atoms with Gasteiger partial charge in [-0.1, -0.05) is 11.8 Å². The summed E-state index contributed by atoms with van der Waals surface area (Å²) in [5, 5.41) is 0. The molecule has 0 fully saturated rings. The van der Waals surface area contributed by atoms with E-state index in [0.29, 0.717) is 16.3 Å². The van der Waals surface area contributed by atoms with E-state index in [1.807, 2.05) is 0 Å². The van der Waals surface area contributed by atoms with Gasteiger partial charge in [0.1, 0.15) is 11.6 Å². The predicted molar refractivity (Wildman–Crippen MR) is 65.7 cm³/mol. The molecule has 0 aliphatic carbocycles. The molecule has 0 aromatic heterocycles. The number of hydrogen-bond acceptors (Lipinski definition) is 3. The third-order valence-corrected chi connectivity index (χ3v) is 3.22. The van der Waals surface area contributed by atoms with Crippen molar-refractivity contribution < 1.29 is 8.78 Å². The monoisotopic (exact) mass is 252 g/mol. The molecule has 0 spiro atoms. The molecule has 0 aliphatic heterocycles. The molecule has 0 aliphatic rings. The second-order valence-electron chi connectivity index (χ2n) is 3.47. The molecule has 17 heavy (non-hydrogen) atoms. The molecule has 2 aromatic carbocycles. The van der Waals surface area contributed by atoms with E-state index < -0.39 is 11.6 Å². The van der Waals surface area contributed by atoms with Crippen molar-refractivity contribution in [3.8, 4) is 0 Å². The molecule has 0 amide bonds. The minimum Gasteiger partial charge on any atom is -0.397 e. The van der Waals surface area contributed by atoms with Gasteiger partial charge < -0.3 is 11.5 Å². The third-order valence-electron chi connectivity index (χ3n) is 2.18. The first-order valence-electron chi connectivity index (χ1n) is 4.84. The molecular formula is C12H10F2N2S. The molecule has 0 saturated carbocycles. The fourth-order valence-corrected chi connectivity index (χ4v) is 2.17. The predicted octanol–water partition coefficient (Wildman–Crippen LogP) is 3.28. The zero-order valence-corrected chi connectivity index (χ0v) is 9.60. The molecule has 0 radical (unpaired) electrons. The number of halogens is 2. The molecule has 4 N–H and O–H groups in total. The highest BCUT2D eigenvalue weighted by molar-refractivity contribution is 7.99. The van der Waals surface area contributed by atoms with Crippen LogP contribution in [0.25, 0.3) is 0 Å². The number of rotatable bonds is 2. The minimum atomic E-state index is -0.594. The van der Waals surface area contributed by atoms with Crippen LogP contribution in [-0.2, 0) is 0 Å². The van der Waals surface area contributed by atoms with Gasteiger partial charge in [0.15, 0.2) is 0 Å². The van der Waals surface area contributed by atoms with Crippen LogP contribution in [0.3, 0.4) is 0 Å². The summed E-state index contributed by atoms with van der Waals surface area (Å²) in [6.45, 7) is 0. The van der Waals surface area contributed by atoms with Crippen LogP contribution in [0.4, 0.5) is 20.2 Å². The molecule has 0 heterocycles. The fraction of sp³-hybridized carbons (Fsp3) is 0. The SMILES string of the molecule is Nc1ccc(Sc2ccc(F)cc2F)cc1N. The van der Waals surface area contributed by atoms with Gasteiger partial charge in [0.25, 0.3) is 0 Å². The minimum absolute atomic E-state index is 0.343.